The van der Waals surface area contributed by atoms with Gasteiger partial charge in [-0.05, 0) is 6.07 Å². The molecule has 0 spiro atoms. The van der Waals surface area contributed by atoms with Crippen LogP contribution < -0.4 is 10.9 Å². The minimum Gasteiger partial charge on any atom is -0.314 e. The van der Waals surface area contributed by atoms with E-state index in [1.807, 2.05) is 13.0 Å². The van der Waals surface area contributed by atoms with Crippen LogP contribution in [0.2, 0.25) is 0 Å². The van der Waals surface area contributed by atoms with Gasteiger partial charge in [-0.3, -0.25) is 9.00 Å². The van der Waals surface area contributed by atoms with Crippen LogP contribution in [0.4, 0.5) is 0 Å². The van der Waals surface area contributed by atoms with Crippen molar-refractivity contribution >= 4 is 10.8 Å². The molecule has 0 saturated heterocycles. The molecule has 1 N–H and O–H groups in total. The lowest BCUT2D eigenvalue weighted by molar-refractivity contribution is 0.598. The first-order valence-electron chi connectivity index (χ1n) is 5.45. The predicted molar refractivity (Wildman–Crippen MR) is 67.1 cm³/mol. The Balaban J connectivity index is 2.19. The van der Waals surface area contributed by atoms with E-state index in [-0.39, 0.29) is 5.56 Å². The Labute approximate surface area is 98.1 Å². The van der Waals surface area contributed by atoms with Gasteiger partial charge in [0.2, 0.25) is 0 Å². The van der Waals surface area contributed by atoms with Gasteiger partial charge in [0, 0.05) is 54.2 Å². The molecule has 1 atom stereocenters. The van der Waals surface area contributed by atoms with E-state index in [2.05, 4.69) is 5.32 Å². The van der Waals surface area contributed by atoms with Crippen molar-refractivity contribution in [3.05, 3.63) is 34.7 Å². The van der Waals surface area contributed by atoms with Crippen LogP contribution in [0, 0.1) is 0 Å². The zero-order chi connectivity index (χ0) is 11.8. The molecule has 90 valence electrons. The molecule has 16 heavy (non-hydrogen) atoms. The van der Waals surface area contributed by atoms with E-state index in [0.29, 0.717) is 18.1 Å². The number of rotatable bonds is 7. The first-order valence-corrected chi connectivity index (χ1v) is 6.94. The Kier molecular flexibility index (Phi) is 6.03. The van der Waals surface area contributed by atoms with Gasteiger partial charge in [0.15, 0.2) is 0 Å². The molecule has 1 aromatic heterocycles. The van der Waals surface area contributed by atoms with Crippen LogP contribution in [-0.4, -0.2) is 33.4 Å². The second-order valence-corrected chi connectivity index (χ2v) is 5.28. The Morgan fingerprint density at radius 1 is 1.38 bits per heavy atom. The fraction of sp³-hybridized carbons (Fsp3) is 0.545. The topological polar surface area (TPSA) is 51.1 Å². The lowest BCUT2D eigenvalue weighted by atomic mass is 10.4. The van der Waals surface area contributed by atoms with Crippen molar-refractivity contribution in [2.45, 2.75) is 13.5 Å². The summed E-state index contributed by atoms with van der Waals surface area (Å²) in [5, 5.41) is 3.17. The van der Waals surface area contributed by atoms with Gasteiger partial charge in [0.25, 0.3) is 5.56 Å². The Morgan fingerprint density at radius 2 is 2.19 bits per heavy atom. The van der Waals surface area contributed by atoms with E-state index in [9.17, 15) is 9.00 Å². The third kappa shape index (κ3) is 4.72. The van der Waals surface area contributed by atoms with Crippen LogP contribution in [0.1, 0.15) is 6.92 Å². The largest absolute Gasteiger partial charge is 0.314 e. The number of aromatic nitrogens is 1. The van der Waals surface area contributed by atoms with E-state index in [4.69, 9.17) is 0 Å². The quantitative estimate of drug-likeness (QED) is 0.695. The maximum Gasteiger partial charge on any atom is 0.250 e. The van der Waals surface area contributed by atoms with E-state index in [1.54, 1.807) is 22.9 Å². The van der Waals surface area contributed by atoms with Gasteiger partial charge in [-0.1, -0.05) is 13.0 Å². The highest BCUT2D eigenvalue weighted by Crippen LogP contribution is 1.82. The standard InChI is InChI=1S/C11H18N2O2S/c1-2-16(15)10-7-12-6-9-13-8-4-3-5-11(13)14/h3-5,8,12H,2,6-7,9-10H2,1H3. The summed E-state index contributed by atoms with van der Waals surface area (Å²) in [4.78, 5) is 11.3. The van der Waals surface area contributed by atoms with Crippen LogP contribution in [0.25, 0.3) is 0 Å². The molecular weight excluding hydrogens is 224 g/mol. The third-order valence-corrected chi connectivity index (χ3v) is 3.56. The third-order valence-electron chi connectivity index (χ3n) is 2.26. The van der Waals surface area contributed by atoms with Crippen LogP contribution in [-0.2, 0) is 17.3 Å². The predicted octanol–water partition coefficient (Wildman–Crippen LogP) is 0.206. The van der Waals surface area contributed by atoms with E-state index in [0.717, 1.165) is 13.1 Å². The highest BCUT2D eigenvalue weighted by Gasteiger charge is 1.96. The van der Waals surface area contributed by atoms with Crippen LogP contribution in [0.15, 0.2) is 29.2 Å². The molecule has 0 radical (unpaired) electrons. The van der Waals surface area contributed by atoms with Crippen molar-refractivity contribution < 1.29 is 4.21 Å². The summed E-state index contributed by atoms with van der Waals surface area (Å²) in [7, 11) is -0.710. The number of hydrogen-bond acceptors (Lipinski definition) is 3. The van der Waals surface area contributed by atoms with Gasteiger partial charge in [-0.2, -0.15) is 0 Å². The van der Waals surface area contributed by atoms with Gasteiger partial charge in [-0.15, -0.1) is 0 Å². The van der Waals surface area contributed by atoms with E-state index in [1.165, 1.54) is 0 Å². The summed E-state index contributed by atoms with van der Waals surface area (Å²) < 4.78 is 12.8. The van der Waals surface area contributed by atoms with Crippen molar-refractivity contribution in [1.29, 1.82) is 0 Å². The lowest BCUT2D eigenvalue weighted by Crippen LogP contribution is -2.28. The summed E-state index contributed by atoms with van der Waals surface area (Å²) in [5.41, 5.74) is 0.0152. The maximum absolute atomic E-state index is 11.3. The molecule has 0 aromatic carbocycles. The molecule has 5 heteroatoms. The first kappa shape index (κ1) is 13.1. The average Bonchev–Trinajstić information content (AvgIpc) is 2.30. The highest BCUT2D eigenvalue weighted by molar-refractivity contribution is 7.84. The average molecular weight is 242 g/mol. The smallest absolute Gasteiger partial charge is 0.250 e. The van der Waals surface area contributed by atoms with Gasteiger partial charge in [-0.25, -0.2) is 0 Å². The fourth-order valence-electron chi connectivity index (χ4n) is 1.30. The Morgan fingerprint density at radius 3 is 2.88 bits per heavy atom. The molecule has 0 aliphatic rings. The lowest BCUT2D eigenvalue weighted by Gasteiger charge is -2.06. The van der Waals surface area contributed by atoms with Crippen molar-refractivity contribution in [2.24, 2.45) is 0 Å². The fourth-order valence-corrected chi connectivity index (χ4v) is 1.96. The minimum atomic E-state index is -0.710. The molecular formula is C11H18N2O2S. The SMILES string of the molecule is CCS(=O)CCNCCn1ccccc1=O. The summed E-state index contributed by atoms with van der Waals surface area (Å²) in [5.74, 6) is 1.39. The van der Waals surface area contributed by atoms with Crippen molar-refractivity contribution in [1.82, 2.24) is 9.88 Å². The van der Waals surface area contributed by atoms with Crippen molar-refractivity contribution in [2.75, 3.05) is 24.6 Å². The van der Waals surface area contributed by atoms with Crippen LogP contribution >= 0.6 is 0 Å². The zero-order valence-corrected chi connectivity index (χ0v) is 10.3. The molecule has 0 fully saturated rings. The first-order chi connectivity index (χ1) is 7.74. The second kappa shape index (κ2) is 7.35. The molecule has 1 rings (SSSR count). The Hall–Kier alpha value is -0.940. The van der Waals surface area contributed by atoms with Gasteiger partial charge < -0.3 is 9.88 Å². The molecule has 0 aliphatic carbocycles. The molecule has 1 unspecified atom stereocenters. The summed E-state index contributed by atoms with van der Waals surface area (Å²) in [6, 6.07) is 5.12. The second-order valence-electron chi connectivity index (χ2n) is 3.41. The molecule has 0 saturated carbocycles. The van der Waals surface area contributed by atoms with E-state index < -0.39 is 10.8 Å². The van der Waals surface area contributed by atoms with E-state index >= 15 is 0 Å². The maximum atomic E-state index is 11.3. The number of hydrogen-bond donors (Lipinski definition) is 1. The zero-order valence-electron chi connectivity index (χ0n) is 9.52. The minimum absolute atomic E-state index is 0.0152. The molecule has 0 amide bonds. The van der Waals surface area contributed by atoms with Gasteiger partial charge >= 0.3 is 0 Å². The normalized spacial score (nSPS) is 12.6. The van der Waals surface area contributed by atoms with Crippen LogP contribution in [0.5, 0.6) is 0 Å². The summed E-state index contributed by atoms with van der Waals surface area (Å²) in [6.07, 6.45) is 1.77. The summed E-state index contributed by atoms with van der Waals surface area (Å²) in [6.45, 7) is 4.03. The molecule has 1 aromatic rings. The van der Waals surface area contributed by atoms with Gasteiger partial charge in [0.1, 0.15) is 0 Å². The van der Waals surface area contributed by atoms with Crippen molar-refractivity contribution in [3.8, 4) is 0 Å². The summed E-state index contributed by atoms with van der Waals surface area (Å²) >= 11 is 0. The molecule has 0 bridgehead atoms. The molecule has 0 aliphatic heterocycles. The number of pyridine rings is 1. The molecule has 1 heterocycles. The number of nitrogens with zero attached hydrogens (tertiary/aromatic N) is 1. The highest BCUT2D eigenvalue weighted by atomic mass is 32.2. The molecule has 4 nitrogen and oxygen atoms in total. The Bertz CT molecular complexity index is 390. The van der Waals surface area contributed by atoms with Crippen LogP contribution in [0.3, 0.4) is 0 Å². The number of nitrogens with one attached hydrogen (secondary N) is 1. The van der Waals surface area contributed by atoms with Crippen molar-refractivity contribution in [3.63, 3.8) is 0 Å². The monoisotopic (exact) mass is 242 g/mol. The van der Waals surface area contributed by atoms with Gasteiger partial charge in [0.05, 0.1) is 0 Å².